The number of furan rings is 1. The summed E-state index contributed by atoms with van der Waals surface area (Å²) in [6.45, 7) is 4.15. The zero-order valence-corrected chi connectivity index (χ0v) is 9.60. The molecule has 0 saturated heterocycles. The van der Waals surface area contributed by atoms with Gasteiger partial charge in [-0.1, -0.05) is 13.0 Å². The SMILES string of the molecule is CCc1ccc(C(C)Nc2ccccn2)o1. The Morgan fingerprint density at radius 2 is 2.19 bits per heavy atom. The van der Waals surface area contributed by atoms with Crippen molar-refractivity contribution in [1.29, 1.82) is 0 Å². The number of rotatable bonds is 4. The van der Waals surface area contributed by atoms with Crippen LogP contribution in [-0.2, 0) is 6.42 Å². The lowest BCUT2D eigenvalue weighted by atomic mass is 10.2. The largest absolute Gasteiger partial charge is 0.464 e. The standard InChI is InChI=1S/C13H16N2O/c1-3-11-7-8-12(16-11)10(2)15-13-6-4-5-9-14-13/h4-10H,3H2,1-2H3,(H,14,15). The molecular formula is C13H16N2O. The number of aryl methyl sites for hydroxylation is 1. The van der Waals surface area contributed by atoms with Crippen LogP contribution < -0.4 is 5.32 Å². The molecule has 84 valence electrons. The molecule has 0 aromatic carbocycles. The Kier molecular flexibility index (Phi) is 3.25. The first-order chi connectivity index (χ1) is 7.79. The average molecular weight is 216 g/mol. The van der Waals surface area contributed by atoms with Crippen molar-refractivity contribution in [2.45, 2.75) is 26.3 Å². The molecule has 16 heavy (non-hydrogen) atoms. The van der Waals surface area contributed by atoms with E-state index >= 15 is 0 Å². The highest BCUT2D eigenvalue weighted by Gasteiger charge is 2.09. The Labute approximate surface area is 95.5 Å². The molecule has 2 aromatic rings. The van der Waals surface area contributed by atoms with Crippen LogP contribution in [-0.4, -0.2) is 4.98 Å². The first-order valence-corrected chi connectivity index (χ1v) is 5.55. The van der Waals surface area contributed by atoms with Crippen LogP contribution in [0.3, 0.4) is 0 Å². The summed E-state index contributed by atoms with van der Waals surface area (Å²) in [4.78, 5) is 4.22. The van der Waals surface area contributed by atoms with Crippen LogP contribution in [0.4, 0.5) is 5.82 Å². The Balaban J connectivity index is 2.05. The molecule has 2 rings (SSSR count). The smallest absolute Gasteiger partial charge is 0.126 e. The zero-order chi connectivity index (χ0) is 11.4. The van der Waals surface area contributed by atoms with Gasteiger partial charge in [0.15, 0.2) is 0 Å². The second-order valence-corrected chi connectivity index (χ2v) is 3.74. The first-order valence-electron chi connectivity index (χ1n) is 5.55. The molecule has 1 unspecified atom stereocenters. The van der Waals surface area contributed by atoms with E-state index in [1.807, 2.05) is 30.3 Å². The maximum Gasteiger partial charge on any atom is 0.126 e. The van der Waals surface area contributed by atoms with Gasteiger partial charge in [0.1, 0.15) is 17.3 Å². The third-order valence-corrected chi connectivity index (χ3v) is 2.49. The van der Waals surface area contributed by atoms with Crippen molar-refractivity contribution in [2.75, 3.05) is 5.32 Å². The number of nitrogens with one attached hydrogen (secondary N) is 1. The van der Waals surface area contributed by atoms with E-state index in [-0.39, 0.29) is 6.04 Å². The fourth-order valence-corrected chi connectivity index (χ4v) is 1.56. The van der Waals surface area contributed by atoms with Gasteiger partial charge in [-0.2, -0.15) is 0 Å². The average Bonchev–Trinajstić information content (AvgIpc) is 2.79. The van der Waals surface area contributed by atoms with Gasteiger partial charge in [0.2, 0.25) is 0 Å². The lowest BCUT2D eigenvalue weighted by Gasteiger charge is -2.11. The maximum absolute atomic E-state index is 5.68. The fourth-order valence-electron chi connectivity index (χ4n) is 1.56. The summed E-state index contributed by atoms with van der Waals surface area (Å²) in [7, 11) is 0. The summed E-state index contributed by atoms with van der Waals surface area (Å²) in [6.07, 6.45) is 2.70. The van der Waals surface area contributed by atoms with Crippen molar-refractivity contribution in [2.24, 2.45) is 0 Å². The summed E-state index contributed by atoms with van der Waals surface area (Å²) >= 11 is 0. The van der Waals surface area contributed by atoms with Crippen LogP contribution in [0, 0.1) is 0 Å². The molecule has 0 amide bonds. The molecule has 0 aliphatic rings. The van der Waals surface area contributed by atoms with E-state index in [2.05, 4.69) is 24.1 Å². The van der Waals surface area contributed by atoms with E-state index in [1.165, 1.54) is 0 Å². The van der Waals surface area contributed by atoms with Crippen molar-refractivity contribution in [3.63, 3.8) is 0 Å². The van der Waals surface area contributed by atoms with Crippen molar-refractivity contribution in [3.05, 3.63) is 48.0 Å². The highest BCUT2D eigenvalue weighted by atomic mass is 16.3. The number of nitrogens with zero attached hydrogens (tertiary/aromatic N) is 1. The molecule has 3 nitrogen and oxygen atoms in total. The zero-order valence-electron chi connectivity index (χ0n) is 9.60. The molecule has 0 aliphatic carbocycles. The third kappa shape index (κ3) is 2.42. The van der Waals surface area contributed by atoms with Crippen molar-refractivity contribution in [3.8, 4) is 0 Å². The van der Waals surface area contributed by atoms with E-state index < -0.39 is 0 Å². The van der Waals surface area contributed by atoms with E-state index in [0.29, 0.717) is 0 Å². The molecule has 3 heteroatoms. The predicted molar refractivity (Wildman–Crippen MR) is 64.4 cm³/mol. The number of aromatic nitrogens is 1. The van der Waals surface area contributed by atoms with Gasteiger partial charge in [-0.3, -0.25) is 0 Å². The van der Waals surface area contributed by atoms with Crippen LogP contribution in [0.2, 0.25) is 0 Å². The molecule has 0 radical (unpaired) electrons. The normalized spacial score (nSPS) is 12.4. The Hall–Kier alpha value is -1.77. The summed E-state index contributed by atoms with van der Waals surface area (Å²) in [5, 5.41) is 3.29. The van der Waals surface area contributed by atoms with Crippen molar-refractivity contribution in [1.82, 2.24) is 4.98 Å². The Morgan fingerprint density at radius 3 is 2.81 bits per heavy atom. The van der Waals surface area contributed by atoms with Gasteiger partial charge in [-0.15, -0.1) is 0 Å². The van der Waals surface area contributed by atoms with E-state index in [9.17, 15) is 0 Å². The minimum atomic E-state index is 0.134. The first kappa shape index (κ1) is 10.7. The fraction of sp³-hybridized carbons (Fsp3) is 0.308. The molecule has 0 fully saturated rings. The summed E-state index contributed by atoms with van der Waals surface area (Å²) < 4.78 is 5.68. The van der Waals surface area contributed by atoms with Gasteiger partial charge in [0, 0.05) is 12.6 Å². The van der Waals surface area contributed by atoms with E-state index in [4.69, 9.17) is 4.42 Å². The predicted octanol–water partition coefficient (Wildman–Crippen LogP) is 3.41. The molecule has 0 aliphatic heterocycles. The molecule has 0 saturated carbocycles. The third-order valence-electron chi connectivity index (χ3n) is 2.49. The van der Waals surface area contributed by atoms with E-state index in [1.54, 1.807) is 6.20 Å². The quantitative estimate of drug-likeness (QED) is 0.851. The molecule has 1 N–H and O–H groups in total. The van der Waals surface area contributed by atoms with E-state index in [0.717, 1.165) is 23.8 Å². The maximum atomic E-state index is 5.68. The highest BCUT2D eigenvalue weighted by Crippen LogP contribution is 2.20. The van der Waals surface area contributed by atoms with Crippen LogP contribution in [0.25, 0.3) is 0 Å². The Bertz CT molecular complexity index is 436. The molecule has 2 aromatic heterocycles. The van der Waals surface area contributed by atoms with Crippen LogP contribution in [0.15, 0.2) is 40.9 Å². The summed E-state index contributed by atoms with van der Waals surface area (Å²) in [5.41, 5.74) is 0. The van der Waals surface area contributed by atoms with Crippen molar-refractivity contribution >= 4 is 5.82 Å². The Morgan fingerprint density at radius 1 is 1.31 bits per heavy atom. The van der Waals surface area contributed by atoms with Gasteiger partial charge in [0.25, 0.3) is 0 Å². The number of pyridine rings is 1. The molecular weight excluding hydrogens is 200 g/mol. The van der Waals surface area contributed by atoms with Gasteiger partial charge in [-0.25, -0.2) is 4.98 Å². The number of anilines is 1. The topological polar surface area (TPSA) is 38.1 Å². The van der Waals surface area contributed by atoms with Crippen molar-refractivity contribution < 1.29 is 4.42 Å². The highest BCUT2D eigenvalue weighted by molar-refractivity contribution is 5.35. The van der Waals surface area contributed by atoms with Gasteiger partial charge in [0.05, 0.1) is 6.04 Å². The second-order valence-electron chi connectivity index (χ2n) is 3.74. The monoisotopic (exact) mass is 216 g/mol. The lowest BCUT2D eigenvalue weighted by molar-refractivity contribution is 0.454. The number of hydrogen-bond donors (Lipinski definition) is 1. The number of hydrogen-bond acceptors (Lipinski definition) is 3. The minimum Gasteiger partial charge on any atom is -0.464 e. The van der Waals surface area contributed by atoms with Crippen LogP contribution >= 0.6 is 0 Å². The molecule has 0 bridgehead atoms. The van der Waals surface area contributed by atoms with Gasteiger partial charge >= 0.3 is 0 Å². The summed E-state index contributed by atoms with van der Waals surface area (Å²) in [6, 6.07) is 9.97. The lowest BCUT2D eigenvalue weighted by Crippen LogP contribution is -2.06. The molecule has 0 spiro atoms. The van der Waals surface area contributed by atoms with Crippen LogP contribution in [0.1, 0.15) is 31.4 Å². The van der Waals surface area contributed by atoms with Crippen LogP contribution in [0.5, 0.6) is 0 Å². The summed E-state index contributed by atoms with van der Waals surface area (Å²) in [5.74, 6) is 2.83. The van der Waals surface area contributed by atoms with Gasteiger partial charge < -0.3 is 9.73 Å². The molecule has 1 atom stereocenters. The second kappa shape index (κ2) is 4.84. The minimum absolute atomic E-state index is 0.134. The molecule has 2 heterocycles. The van der Waals surface area contributed by atoms with Gasteiger partial charge in [-0.05, 0) is 31.2 Å².